The fraction of sp³-hybridized carbons (Fsp3) is 0.348. The van der Waals surface area contributed by atoms with E-state index in [4.69, 9.17) is 4.74 Å². The van der Waals surface area contributed by atoms with Gasteiger partial charge in [-0.15, -0.1) is 0 Å². The number of ether oxygens (including phenoxy) is 1. The molecule has 0 bridgehead atoms. The number of anilines is 1. The van der Waals surface area contributed by atoms with Crippen LogP contribution in [0.15, 0.2) is 59.6 Å². The third kappa shape index (κ3) is 4.85. The van der Waals surface area contributed by atoms with Crippen LogP contribution in [0.4, 0.5) is 5.69 Å². The van der Waals surface area contributed by atoms with Crippen LogP contribution in [-0.2, 0) is 14.3 Å². The maximum atomic E-state index is 12.8. The zero-order valence-corrected chi connectivity index (χ0v) is 16.3. The molecule has 2 aromatic rings. The Morgan fingerprint density at radius 2 is 1.79 bits per heavy atom. The van der Waals surface area contributed by atoms with Crippen molar-refractivity contribution in [3.63, 3.8) is 0 Å². The zero-order chi connectivity index (χ0) is 19.8. The lowest BCUT2D eigenvalue weighted by Crippen LogP contribution is -2.33. The predicted octanol–water partition coefficient (Wildman–Crippen LogP) is 3.99. The largest absolute Gasteiger partial charge is 0.466 e. The molecule has 0 fully saturated rings. The number of hydrogen-bond acceptors (Lipinski definition) is 4. The number of rotatable bonds is 8. The molecular weight excluding hydrogens is 352 g/mol. The fourth-order valence-corrected chi connectivity index (χ4v) is 3.40. The molecule has 0 unspecified atom stereocenters. The highest BCUT2D eigenvalue weighted by molar-refractivity contribution is 6.19. The van der Waals surface area contributed by atoms with Crippen molar-refractivity contribution in [1.29, 1.82) is 0 Å². The van der Waals surface area contributed by atoms with Gasteiger partial charge in [-0.3, -0.25) is 14.6 Å². The summed E-state index contributed by atoms with van der Waals surface area (Å²) in [6.07, 6.45) is 2.91. The number of nitrogens with zero attached hydrogens (tertiary/aromatic N) is 2. The number of para-hydroxylation sites is 1. The molecule has 146 valence electrons. The molecular formula is C23H26N2O3. The SMILES string of the molecule is CCOC(=O)CCCCCN1C(=O)CN=C(c2ccccc2)c2ccccc21. The first-order valence-corrected chi connectivity index (χ1v) is 9.86. The molecule has 0 spiro atoms. The van der Waals surface area contributed by atoms with Gasteiger partial charge in [0, 0.05) is 24.1 Å². The highest BCUT2D eigenvalue weighted by Crippen LogP contribution is 2.27. The van der Waals surface area contributed by atoms with E-state index in [1.165, 1.54) is 0 Å². The Hall–Kier alpha value is -2.95. The van der Waals surface area contributed by atoms with Gasteiger partial charge in [0.05, 0.1) is 18.0 Å². The molecule has 0 radical (unpaired) electrons. The summed E-state index contributed by atoms with van der Waals surface area (Å²) in [5.74, 6) is -0.150. The third-order valence-electron chi connectivity index (χ3n) is 4.74. The first kappa shape index (κ1) is 19.8. The van der Waals surface area contributed by atoms with E-state index in [9.17, 15) is 9.59 Å². The van der Waals surface area contributed by atoms with Crippen LogP contribution in [0.3, 0.4) is 0 Å². The summed E-state index contributed by atoms with van der Waals surface area (Å²) in [6.45, 7) is 2.99. The summed E-state index contributed by atoms with van der Waals surface area (Å²) in [6, 6.07) is 17.9. The molecule has 1 heterocycles. The minimum absolute atomic E-state index is 0.00349. The number of hydrogen-bond donors (Lipinski definition) is 0. The van der Waals surface area contributed by atoms with Crippen LogP contribution in [0.5, 0.6) is 0 Å². The lowest BCUT2D eigenvalue weighted by atomic mass is 10.00. The Labute approximate surface area is 166 Å². The minimum atomic E-state index is -0.153. The second-order valence-electron chi connectivity index (χ2n) is 6.71. The Morgan fingerprint density at radius 3 is 2.57 bits per heavy atom. The fourth-order valence-electron chi connectivity index (χ4n) is 3.40. The van der Waals surface area contributed by atoms with Crippen molar-refractivity contribution in [3.05, 3.63) is 65.7 Å². The molecule has 1 aliphatic rings. The molecule has 0 aromatic heterocycles. The number of amides is 1. The number of benzodiazepines with no additional fused rings is 1. The molecule has 1 aliphatic heterocycles. The molecule has 0 saturated carbocycles. The molecule has 1 amide bonds. The van der Waals surface area contributed by atoms with Gasteiger partial charge in [0.1, 0.15) is 6.54 Å². The highest BCUT2D eigenvalue weighted by atomic mass is 16.5. The van der Waals surface area contributed by atoms with E-state index in [2.05, 4.69) is 4.99 Å². The van der Waals surface area contributed by atoms with Crippen LogP contribution in [-0.4, -0.2) is 37.3 Å². The lowest BCUT2D eigenvalue weighted by molar-refractivity contribution is -0.143. The standard InChI is InChI=1S/C23H26N2O3/c1-2-28-22(27)15-7-4-10-16-25-20-14-9-8-13-19(20)23(24-17-21(25)26)18-11-5-3-6-12-18/h3,5-6,8-9,11-14H,2,4,7,10,15-17H2,1H3. The maximum absolute atomic E-state index is 12.8. The van der Waals surface area contributed by atoms with Gasteiger partial charge in [-0.25, -0.2) is 0 Å². The molecule has 0 N–H and O–H groups in total. The van der Waals surface area contributed by atoms with E-state index < -0.39 is 0 Å². The average Bonchev–Trinajstić information content (AvgIpc) is 2.85. The average molecular weight is 378 g/mol. The third-order valence-corrected chi connectivity index (χ3v) is 4.74. The first-order chi connectivity index (χ1) is 13.7. The molecule has 5 heteroatoms. The van der Waals surface area contributed by atoms with Crippen molar-refractivity contribution in [2.24, 2.45) is 4.99 Å². The van der Waals surface area contributed by atoms with Crippen molar-refractivity contribution in [3.8, 4) is 0 Å². The first-order valence-electron chi connectivity index (χ1n) is 9.86. The summed E-state index contributed by atoms with van der Waals surface area (Å²) in [7, 11) is 0. The maximum Gasteiger partial charge on any atom is 0.305 e. The topological polar surface area (TPSA) is 59.0 Å². The predicted molar refractivity (Wildman–Crippen MR) is 111 cm³/mol. The number of aliphatic imine (C=N–C) groups is 1. The summed E-state index contributed by atoms with van der Waals surface area (Å²) in [4.78, 5) is 30.6. The molecule has 0 aliphatic carbocycles. The van der Waals surface area contributed by atoms with Crippen LogP contribution in [0.2, 0.25) is 0 Å². The second kappa shape index (κ2) is 9.83. The molecule has 28 heavy (non-hydrogen) atoms. The van der Waals surface area contributed by atoms with Crippen LogP contribution in [0.25, 0.3) is 0 Å². The minimum Gasteiger partial charge on any atom is -0.466 e. The monoisotopic (exact) mass is 378 g/mol. The van der Waals surface area contributed by atoms with Gasteiger partial charge in [0.25, 0.3) is 0 Å². The van der Waals surface area contributed by atoms with E-state index in [0.29, 0.717) is 19.6 Å². The Balaban J connectivity index is 1.71. The molecule has 0 saturated heterocycles. The van der Waals surface area contributed by atoms with E-state index in [1.807, 2.05) is 66.4 Å². The van der Waals surface area contributed by atoms with Crippen molar-refractivity contribution < 1.29 is 14.3 Å². The van der Waals surface area contributed by atoms with Crippen LogP contribution in [0, 0.1) is 0 Å². The van der Waals surface area contributed by atoms with E-state index in [0.717, 1.165) is 41.8 Å². The number of esters is 1. The quantitative estimate of drug-likeness (QED) is 0.515. The second-order valence-corrected chi connectivity index (χ2v) is 6.71. The van der Waals surface area contributed by atoms with Crippen molar-refractivity contribution in [1.82, 2.24) is 0 Å². The van der Waals surface area contributed by atoms with Gasteiger partial charge in [0.2, 0.25) is 5.91 Å². The van der Waals surface area contributed by atoms with E-state index in [-0.39, 0.29) is 18.4 Å². The van der Waals surface area contributed by atoms with Gasteiger partial charge in [0.15, 0.2) is 0 Å². The van der Waals surface area contributed by atoms with Crippen LogP contribution < -0.4 is 4.90 Å². The van der Waals surface area contributed by atoms with Gasteiger partial charge < -0.3 is 9.64 Å². The van der Waals surface area contributed by atoms with Gasteiger partial charge in [-0.2, -0.15) is 0 Å². The van der Waals surface area contributed by atoms with Gasteiger partial charge in [-0.1, -0.05) is 55.0 Å². The Morgan fingerprint density at radius 1 is 1.04 bits per heavy atom. The molecule has 3 rings (SSSR count). The van der Waals surface area contributed by atoms with E-state index in [1.54, 1.807) is 0 Å². The zero-order valence-electron chi connectivity index (χ0n) is 16.3. The molecule has 2 aromatic carbocycles. The van der Waals surface area contributed by atoms with Gasteiger partial charge in [-0.05, 0) is 25.8 Å². The van der Waals surface area contributed by atoms with Gasteiger partial charge >= 0.3 is 5.97 Å². The van der Waals surface area contributed by atoms with Crippen LogP contribution in [0.1, 0.15) is 43.7 Å². The van der Waals surface area contributed by atoms with E-state index >= 15 is 0 Å². The Bertz CT molecular complexity index is 846. The van der Waals surface area contributed by atoms with Crippen molar-refractivity contribution in [2.45, 2.75) is 32.6 Å². The number of fused-ring (bicyclic) bond motifs is 1. The normalized spacial score (nSPS) is 13.5. The summed E-state index contributed by atoms with van der Waals surface area (Å²) in [5.41, 5.74) is 3.75. The number of unbranched alkanes of at least 4 members (excludes halogenated alkanes) is 2. The van der Waals surface area contributed by atoms with Crippen molar-refractivity contribution >= 4 is 23.3 Å². The summed E-state index contributed by atoms with van der Waals surface area (Å²) >= 11 is 0. The number of benzene rings is 2. The van der Waals surface area contributed by atoms with Crippen LogP contribution >= 0.6 is 0 Å². The highest BCUT2D eigenvalue weighted by Gasteiger charge is 2.24. The molecule has 5 nitrogen and oxygen atoms in total. The Kier molecular flexibility index (Phi) is 6.95. The number of carbonyl (C=O) groups excluding carboxylic acids is 2. The summed E-state index contributed by atoms with van der Waals surface area (Å²) < 4.78 is 4.95. The van der Waals surface area contributed by atoms with Crippen molar-refractivity contribution in [2.75, 3.05) is 24.6 Å². The molecule has 0 atom stereocenters. The lowest BCUT2D eigenvalue weighted by Gasteiger charge is -2.23. The number of carbonyl (C=O) groups is 2. The summed E-state index contributed by atoms with van der Waals surface area (Å²) in [5, 5.41) is 0. The smallest absolute Gasteiger partial charge is 0.305 e.